The molecule has 0 aromatic carbocycles. The number of nitrogens with two attached hydrogens (primary N) is 1. The van der Waals surface area contributed by atoms with Crippen LogP contribution in [0.5, 0.6) is 0 Å². The molecule has 0 aliphatic heterocycles. The second-order valence-corrected chi connectivity index (χ2v) is 4.53. The highest BCUT2D eigenvalue weighted by Crippen LogP contribution is 2.06. The fourth-order valence-electron chi connectivity index (χ4n) is 1.78. The van der Waals surface area contributed by atoms with Gasteiger partial charge in [-0.1, -0.05) is 11.8 Å². The summed E-state index contributed by atoms with van der Waals surface area (Å²) < 4.78 is 1.77. The van der Waals surface area contributed by atoms with Crippen molar-refractivity contribution in [3.63, 3.8) is 0 Å². The maximum atomic E-state index is 12.1. The van der Waals surface area contributed by atoms with Crippen molar-refractivity contribution in [1.82, 2.24) is 20.1 Å². The Labute approximate surface area is 123 Å². The Bertz CT molecular complexity index is 708. The first kappa shape index (κ1) is 14.8. The number of rotatable bonds is 3. The summed E-state index contributed by atoms with van der Waals surface area (Å²) >= 11 is 0. The maximum absolute atomic E-state index is 12.1. The van der Waals surface area contributed by atoms with E-state index in [9.17, 15) is 4.79 Å². The van der Waals surface area contributed by atoms with E-state index in [0.717, 1.165) is 11.3 Å². The fourth-order valence-corrected chi connectivity index (χ4v) is 1.78. The third-order valence-electron chi connectivity index (χ3n) is 3.11. The van der Waals surface area contributed by atoms with Gasteiger partial charge < -0.3 is 11.1 Å². The molecule has 21 heavy (non-hydrogen) atoms. The molecule has 0 radical (unpaired) electrons. The van der Waals surface area contributed by atoms with Gasteiger partial charge in [-0.2, -0.15) is 5.10 Å². The lowest BCUT2D eigenvalue weighted by molar-refractivity contribution is 0.0950. The van der Waals surface area contributed by atoms with Crippen LogP contribution in [-0.2, 0) is 13.6 Å². The van der Waals surface area contributed by atoms with Crippen LogP contribution >= 0.6 is 0 Å². The molecule has 3 N–H and O–H groups in total. The molecule has 0 aliphatic rings. The lowest BCUT2D eigenvalue weighted by Crippen LogP contribution is -2.23. The molecular formula is C15H17N5O. The van der Waals surface area contributed by atoms with E-state index in [1.54, 1.807) is 23.1 Å². The Morgan fingerprint density at radius 2 is 2.24 bits per heavy atom. The molecule has 0 atom stereocenters. The van der Waals surface area contributed by atoms with Crippen molar-refractivity contribution in [3.8, 4) is 11.8 Å². The van der Waals surface area contributed by atoms with Crippen molar-refractivity contribution in [2.45, 2.75) is 13.5 Å². The quantitative estimate of drug-likeness (QED) is 0.797. The Hall–Kier alpha value is -2.65. The van der Waals surface area contributed by atoms with Crippen LogP contribution in [0.2, 0.25) is 0 Å². The number of nitrogens with zero attached hydrogens (tertiary/aromatic N) is 3. The smallest absolute Gasteiger partial charge is 0.253 e. The molecule has 0 saturated carbocycles. The van der Waals surface area contributed by atoms with E-state index >= 15 is 0 Å². The van der Waals surface area contributed by atoms with Gasteiger partial charge in [-0.3, -0.25) is 14.5 Å². The molecule has 1 amide bonds. The van der Waals surface area contributed by atoms with Crippen molar-refractivity contribution in [2.24, 2.45) is 12.8 Å². The van der Waals surface area contributed by atoms with Crippen LogP contribution in [0.4, 0.5) is 0 Å². The Morgan fingerprint density at radius 3 is 2.90 bits per heavy atom. The van der Waals surface area contributed by atoms with E-state index < -0.39 is 0 Å². The van der Waals surface area contributed by atoms with E-state index in [1.165, 1.54) is 6.20 Å². The van der Waals surface area contributed by atoms with Gasteiger partial charge in [0.05, 0.1) is 18.3 Å². The monoisotopic (exact) mass is 283 g/mol. The molecule has 0 unspecified atom stereocenters. The van der Waals surface area contributed by atoms with Crippen molar-refractivity contribution < 1.29 is 4.79 Å². The van der Waals surface area contributed by atoms with Crippen LogP contribution in [0.1, 0.15) is 27.2 Å². The predicted molar refractivity (Wildman–Crippen MR) is 79.3 cm³/mol. The minimum Gasteiger partial charge on any atom is -0.348 e. The normalized spacial score (nSPS) is 9.86. The number of carbonyl (C=O) groups is 1. The lowest BCUT2D eigenvalue weighted by atomic mass is 10.2. The first-order valence-electron chi connectivity index (χ1n) is 6.51. The van der Waals surface area contributed by atoms with Crippen molar-refractivity contribution in [1.29, 1.82) is 0 Å². The highest BCUT2D eigenvalue weighted by Gasteiger charge is 2.09. The lowest BCUT2D eigenvalue weighted by Gasteiger charge is -2.05. The first-order valence-corrected chi connectivity index (χ1v) is 6.51. The average Bonchev–Trinajstić information content (AvgIpc) is 2.82. The number of amides is 1. The summed E-state index contributed by atoms with van der Waals surface area (Å²) in [7, 11) is 1.87. The minimum absolute atomic E-state index is 0.192. The largest absolute Gasteiger partial charge is 0.348 e. The van der Waals surface area contributed by atoms with E-state index in [0.29, 0.717) is 17.7 Å². The summed E-state index contributed by atoms with van der Waals surface area (Å²) in [4.78, 5) is 16.1. The average molecular weight is 283 g/mol. The van der Waals surface area contributed by atoms with Crippen LogP contribution in [0.15, 0.2) is 24.7 Å². The van der Waals surface area contributed by atoms with Gasteiger partial charge in [-0.05, 0) is 13.0 Å². The van der Waals surface area contributed by atoms with Crippen LogP contribution in [0.25, 0.3) is 0 Å². The van der Waals surface area contributed by atoms with Crippen LogP contribution in [0, 0.1) is 18.8 Å². The zero-order valence-electron chi connectivity index (χ0n) is 12.1. The molecule has 0 saturated heterocycles. The number of pyridine rings is 1. The fraction of sp³-hybridized carbons (Fsp3) is 0.267. The molecule has 0 bridgehead atoms. The second-order valence-electron chi connectivity index (χ2n) is 4.53. The molecule has 0 spiro atoms. The Balaban J connectivity index is 2.05. The maximum Gasteiger partial charge on any atom is 0.253 e. The van der Waals surface area contributed by atoms with Crippen molar-refractivity contribution >= 4 is 5.91 Å². The summed E-state index contributed by atoms with van der Waals surface area (Å²) in [5.41, 5.74) is 8.47. The molecule has 0 aliphatic carbocycles. The summed E-state index contributed by atoms with van der Waals surface area (Å²) in [6.07, 6.45) is 4.86. The van der Waals surface area contributed by atoms with E-state index in [2.05, 4.69) is 27.2 Å². The van der Waals surface area contributed by atoms with Gasteiger partial charge in [0, 0.05) is 42.8 Å². The van der Waals surface area contributed by atoms with Crippen LogP contribution in [-0.4, -0.2) is 27.2 Å². The zero-order chi connectivity index (χ0) is 15.2. The number of nitrogens with one attached hydrogen (secondary N) is 1. The van der Waals surface area contributed by atoms with Gasteiger partial charge >= 0.3 is 0 Å². The molecule has 0 fully saturated rings. The molecule has 6 nitrogen and oxygen atoms in total. The number of aryl methyl sites for hydroxylation is 1. The number of aromatic nitrogens is 3. The molecule has 2 heterocycles. The Morgan fingerprint density at radius 1 is 1.43 bits per heavy atom. The van der Waals surface area contributed by atoms with Gasteiger partial charge in [-0.15, -0.1) is 0 Å². The zero-order valence-corrected chi connectivity index (χ0v) is 12.1. The van der Waals surface area contributed by atoms with Crippen molar-refractivity contribution in [2.75, 3.05) is 6.54 Å². The van der Waals surface area contributed by atoms with E-state index in [-0.39, 0.29) is 12.5 Å². The van der Waals surface area contributed by atoms with Gasteiger partial charge in [0.2, 0.25) is 0 Å². The molecule has 2 aromatic heterocycles. The van der Waals surface area contributed by atoms with Gasteiger partial charge in [0.15, 0.2) is 0 Å². The number of carbonyl (C=O) groups excluding carboxylic acids is 1. The van der Waals surface area contributed by atoms with E-state index in [4.69, 9.17) is 5.73 Å². The van der Waals surface area contributed by atoms with Crippen LogP contribution < -0.4 is 11.1 Å². The minimum atomic E-state index is -0.192. The van der Waals surface area contributed by atoms with E-state index in [1.807, 2.05) is 14.0 Å². The topological polar surface area (TPSA) is 85.8 Å². The number of hydrogen-bond acceptors (Lipinski definition) is 4. The molecule has 108 valence electrons. The highest BCUT2D eigenvalue weighted by molar-refractivity contribution is 5.94. The van der Waals surface area contributed by atoms with Gasteiger partial charge in [0.1, 0.15) is 0 Å². The third kappa shape index (κ3) is 3.68. The summed E-state index contributed by atoms with van der Waals surface area (Å²) in [6.45, 7) is 2.66. The third-order valence-corrected chi connectivity index (χ3v) is 3.11. The van der Waals surface area contributed by atoms with Crippen LogP contribution in [0.3, 0.4) is 0 Å². The summed E-state index contributed by atoms with van der Waals surface area (Å²) in [5, 5.41) is 6.99. The number of hydrogen-bond donors (Lipinski definition) is 2. The van der Waals surface area contributed by atoms with Gasteiger partial charge in [-0.25, -0.2) is 0 Å². The summed E-state index contributed by atoms with van der Waals surface area (Å²) in [5.74, 6) is 5.40. The first-order chi connectivity index (χ1) is 10.1. The Kier molecular flexibility index (Phi) is 4.69. The summed E-state index contributed by atoms with van der Waals surface area (Å²) in [6, 6.07) is 1.70. The molecule has 2 rings (SSSR count). The predicted octanol–water partition coefficient (Wildman–Crippen LogP) is 0.364. The van der Waals surface area contributed by atoms with Crippen molar-refractivity contribution in [3.05, 3.63) is 47.0 Å². The molecular weight excluding hydrogens is 266 g/mol. The standard InChI is InChI=1S/C15H17N5O/c1-11-14(10-19-20(11)2)9-18-15(21)13-6-12(4-3-5-16)7-17-8-13/h6-8,10H,5,9,16H2,1-2H3,(H,18,21). The van der Waals surface area contributed by atoms with Gasteiger partial charge in [0.25, 0.3) is 5.91 Å². The molecule has 2 aromatic rings. The highest BCUT2D eigenvalue weighted by atomic mass is 16.1. The second kappa shape index (κ2) is 6.68. The molecule has 6 heteroatoms. The SMILES string of the molecule is Cc1c(CNC(=O)c2cncc(C#CCN)c2)cnn1C.